The summed E-state index contributed by atoms with van der Waals surface area (Å²) in [5.41, 5.74) is 0.216. The summed E-state index contributed by atoms with van der Waals surface area (Å²) in [4.78, 5) is 13.3. The minimum atomic E-state index is -3.67. The van der Waals surface area contributed by atoms with E-state index in [1.165, 1.54) is 32.2 Å². The maximum atomic E-state index is 12.5. The summed E-state index contributed by atoms with van der Waals surface area (Å²) in [7, 11) is 1.65. The van der Waals surface area contributed by atoms with E-state index in [0.717, 1.165) is 6.54 Å². The molecule has 0 fully saturated rings. The lowest BCUT2D eigenvalue weighted by Crippen LogP contribution is -2.39. The summed E-state index contributed by atoms with van der Waals surface area (Å²) >= 11 is 0. The topological polar surface area (TPSA) is 87.7 Å². The highest BCUT2D eigenvalue weighted by Crippen LogP contribution is 2.28. The number of hydrogen-bond donors (Lipinski definition) is 2. The molecule has 8 heteroatoms. The zero-order valence-electron chi connectivity index (χ0n) is 15.1. The van der Waals surface area contributed by atoms with Gasteiger partial charge >= 0.3 is 0 Å². The van der Waals surface area contributed by atoms with E-state index in [2.05, 4.69) is 10.0 Å². The second-order valence-electron chi connectivity index (χ2n) is 6.77. The van der Waals surface area contributed by atoms with Crippen LogP contribution in [0.25, 0.3) is 0 Å². The van der Waals surface area contributed by atoms with Crippen molar-refractivity contribution in [3.63, 3.8) is 0 Å². The van der Waals surface area contributed by atoms with Gasteiger partial charge in [0, 0.05) is 26.1 Å². The van der Waals surface area contributed by atoms with Crippen LogP contribution in [0.1, 0.15) is 20.8 Å². The van der Waals surface area contributed by atoms with Crippen LogP contribution in [0.4, 0.5) is 5.69 Å². The molecule has 2 N–H and O–H groups in total. The Morgan fingerprint density at radius 2 is 1.92 bits per heavy atom. The molecule has 0 aliphatic heterocycles. The molecule has 1 rings (SSSR count). The molecule has 0 unspecified atom stereocenters. The van der Waals surface area contributed by atoms with E-state index in [1.807, 2.05) is 32.8 Å². The zero-order chi connectivity index (χ0) is 18.5. The van der Waals surface area contributed by atoms with Crippen molar-refractivity contribution in [2.24, 2.45) is 5.41 Å². The first-order valence-electron chi connectivity index (χ1n) is 7.57. The van der Waals surface area contributed by atoms with Crippen molar-refractivity contribution in [2.45, 2.75) is 25.7 Å². The molecule has 0 bridgehead atoms. The van der Waals surface area contributed by atoms with E-state index < -0.39 is 10.0 Å². The number of carbonyl (C=O) groups is 1. The number of anilines is 1. The van der Waals surface area contributed by atoms with Crippen molar-refractivity contribution < 1.29 is 17.9 Å². The van der Waals surface area contributed by atoms with Crippen LogP contribution >= 0.6 is 0 Å². The molecule has 136 valence electrons. The molecule has 7 nitrogen and oxygen atoms in total. The lowest BCUT2D eigenvalue weighted by molar-refractivity contribution is -0.114. The molecule has 0 atom stereocenters. The average Bonchev–Trinajstić information content (AvgIpc) is 2.44. The Balaban J connectivity index is 2.96. The highest BCUT2D eigenvalue weighted by Gasteiger charge is 2.24. The lowest BCUT2D eigenvalue weighted by atomic mass is 9.93. The Kier molecular flexibility index (Phi) is 6.76. The third-order valence-electron chi connectivity index (χ3n) is 3.28. The molecular weight excluding hydrogens is 330 g/mol. The van der Waals surface area contributed by atoms with Gasteiger partial charge in [0.2, 0.25) is 15.9 Å². The van der Waals surface area contributed by atoms with E-state index in [-0.39, 0.29) is 16.2 Å². The first kappa shape index (κ1) is 20.4. The molecule has 0 heterocycles. The highest BCUT2D eigenvalue weighted by atomic mass is 32.2. The van der Waals surface area contributed by atoms with E-state index in [9.17, 15) is 13.2 Å². The molecule has 1 aromatic carbocycles. The van der Waals surface area contributed by atoms with Crippen LogP contribution < -0.4 is 14.8 Å². The summed E-state index contributed by atoms with van der Waals surface area (Å²) in [5, 5.41) is 2.60. The number of nitrogens with zero attached hydrogens (tertiary/aromatic N) is 1. The largest absolute Gasteiger partial charge is 0.495 e. The molecule has 0 aromatic heterocycles. The minimum Gasteiger partial charge on any atom is -0.495 e. The maximum Gasteiger partial charge on any atom is 0.240 e. The second kappa shape index (κ2) is 7.96. The van der Waals surface area contributed by atoms with E-state index >= 15 is 0 Å². The Bertz CT molecular complexity index is 685. The molecule has 1 aromatic rings. The third-order valence-corrected chi connectivity index (χ3v) is 4.68. The Morgan fingerprint density at radius 1 is 1.29 bits per heavy atom. The third kappa shape index (κ3) is 6.10. The van der Waals surface area contributed by atoms with Crippen LogP contribution in [-0.4, -0.2) is 53.5 Å². The summed E-state index contributed by atoms with van der Waals surface area (Å²) in [6.07, 6.45) is 0. The van der Waals surface area contributed by atoms with Gasteiger partial charge in [-0.3, -0.25) is 4.79 Å². The van der Waals surface area contributed by atoms with Crippen LogP contribution in [-0.2, 0) is 14.8 Å². The van der Waals surface area contributed by atoms with E-state index in [1.54, 1.807) is 0 Å². The van der Waals surface area contributed by atoms with Gasteiger partial charge in [-0.15, -0.1) is 0 Å². The molecule has 0 radical (unpaired) electrons. The monoisotopic (exact) mass is 357 g/mol. The number of hydrogen-bond acceptors (Lipinski definition) is 5. The first-order valence-corrected chi connectivity index (χ1v) is 9.05. The quantitative estimate of drug-likeness (QED) is 0.736. The van der Waals surface area contributed by atoms with Crippen molar-refractivity contribution in [2.75, 3.05) is 39.6 Å². The van der Waals surface area contributed by atoms with Gasteiger partial charge in [0.15, 0.2) is 0 Å². The summed E-state index contributed by atoms with van der Waals surface area (Å²) < 4.78 is 32.8. The minimum absolute atomic E-state index is 0.0918. The van der Waals surface area contributed by atoms with Gasteiger partial charge in [-0.25, -0.2) is 13.1 Å². The van der Waals surface area contributed by atoms with E-state index in [0.29, 0.717) is 18.0 Å². The van der Waals surface area contributed by atoms with Crippen LogP contribution in [0.5, 0.6) is 5.75 Å². The normalized spacial score (nSPS) is 12.3. The number of benzene rings is 1. The Morgan fingerprint density at radius 3 is 2.42 bits per heavy atom. The fourth-order valence-electron chi connectivity index (χ4n) is 2.42. The zero-order valence-corrected chi connectivity index (χ0v) is 16.0. The molecule has 0 aliphatic rings. The average molecular weight is 357 g/mol. The molecule has 1 amide bonds. The standard InChI is InChI=1S/C16H27N3O4S/c1-12(20)18-14-8-7-13(9-15(14)23-6)24(21,22)17-10-16(2,3)11-19(4)5/h7-9,17H,10-11H2,1-6H3,(H,18,20). The highest BCUT2D eigenvalue weighted by molar-refractivity contribution is 7.89. The lowest BCUT2D eigenvalue weighted by Gasteiger charge is -2.28. The smallest absolute Gasteiger partial charge is 0.240 e. The maximum absolute atomic E-state index is 12.5. The number of rotatable bonds is 8. The molecule has 0 saturated carbocycles. The number of carbonyl (C=O) groups excluding carboxylic acids is 1. The van der Waals surface area contributed by atoms with Crippen LogP contribution in [0.15, 0.2) is 23.1 Å². The van der Waals surface area contributed by atoms with Crippen molar-refractivity contribution in [3.8, 4) is 5.75 Å². The number of ether oxygens (including phenoxy) is 1. The van der Waals surface area contributed by atoms with Gasteiger partial charge in [0.05, 0.1) is 17.7 Å². The van der Waals surface area contributed by atoms with Crippen LogP contribution in [0.3, 0.4) is 0 Å². The van der Waals surface area contributed by atoms with Gasteiger partial charge in [-0.05, 0) is 31.6 Å². The summed E-state index contributed by atoms with van der Waals surface area (Å²) in [6.45, 7) is 6.42. The van der Waals surface area contributed by atoms with Gasteiger partial charge in [0.25, 0.3) is 0 Å². The number of methoxy groups -OCH3 is 1. The van der Waals surface area contributed by atoms with Crippen LogP contribution in [0, 0.1) is 5.41 Å². The van der Waals surface area contributed by atoms with Crippen molar-refractivity contribution >= 4 is 21.6 Å². The molecule has 0 spiro atoms. The Hall–Kier alpha value is -1.64. The molecular formula is C16H27N3O4S. The molecule has 0 saturated heterocycles. The number of amides is 1. The predicted octanol–water partition coefficient (Wildman–Crippen LogP) is 1.52. The van der Waals surface area contributed by atoms with Crippen molar-refractivity contribution in [1.29, 1.82) is 0 Å². The van der Waals surface area contributed by atoms with Crippen molar-refractivity contribution in [3.05, 3.63) is 18.2 Å². The predicted molar refractivity (Wildman–Crippen MR) is 94.8 cm³/mol. The molecule has 0 aliphatic carbocycles. The summed E-state index contributed by atoms with van der Waals surface area (Å²) in [6, 6.07) is 4.35. The van der Waals surface area contributed by atoms with Gasteiger partial charge in [0.1, 0.15) is 5.75 Å². The van der Waals surface area contributed by atoms with Crippen molar-refractivity contribution in [1.82, 2.24) is 9.62 Å². The van der Waals surface area contributed by atoms with Crippen LogP contribution in [0.2, 0.25) is 0 Å². The van der Waals surface area contributed by atoms with E-state index in [4.69, 9.17) is 4.74 Å². The number of nitrogens with one attached hydrogen (secondary N) is 2. The molecule has 24 heavy (non-hydrogen) atoms. The van der Waals surface area contributed by atoms with Gasteiger partial charge in [-0.1, -0.05) is 13.8 Å². The fraction of sp³-hybridized carbons (Fsp3) is 0.562. The van der Waals surface area contributed by atoms with Gasteiger partial charge < -0.3 is 15.0 Å². The SMILES string of the molecule is COc1cc(S(=O)(=O)NCC(C)(C)CN(C)C)ccc1NC(C)=O. The first-order chi connectivity index (χ1) is 11.0. The fourth-order valence-corrected chi connectivity index (χ4v) is 3.67. The summed E-state index contributed by atoms with van der Waals surface area (Å²) in [5.74, 6) is 0.0353. The Labute approximate surface area is 144 Å². The second-order valence-corrected chi connectivity index (χ2v) is 8.54. The number of sulfonamides is 1. The van der Waals surface area contributed by atoms with Gasteiger partial charge in [-0.2, -0.15) is 0 Å².